The summed E-state index contributed by atoms with van der Waals surface area (Å²) in [5.41, 5.74) is 3.51. The third kappa shape index (κ3) is 4.64. The minimum atomic E-state index is -0.359. The number of fused-ring (bicyclic) bond motifs is 1. The molecule has 0 spiro atoms. The first-order valence-corrected chi connectivity index (χ1v) is 9.55. The number of urea groups is 1. The molecule has 0 aliphatic carbocycles. The molecular weight excluding hydrogens is 380 g/mol. The SMILES string of the molecule is CC(C)Nc1ccc(NC(=O)Nc2ccccc2)c(Nc2ccc3n[nH]nc3c2)n1. The zero-order valence-corrected chi connectivity index (χ0v) is 16.6. The highest BCUT2D eigenvalue weighted by Crippen LogP contribution is 2.27. The molecule has 0 radical (unpaired) electrons. The van der Waals surface area contributed by atoms with E-state index in [1.807, 2.05) is 68.4 Å². The Morgan fingerprint density at radius 2 is 1.70 bits per heavy atom. The molecular formula is C21H22N8O. The fourth-order valence-corrected chi connectivity index (χ4v) is 2.89. The van der Waals surface area contributed by atoms with E-state index in [9.17, 15) is 4.79 Å². The van der Waals surface area contributed by atoms with Gasteiger partial charge < -0.3 is 21.3 Å². The number of amides is 2. The highest BCUT2D eigenvalue weighted by atomic mass is 16.2. The van der Waals surface area contributed by atoms with E-state index >= 15 is 0 Å². The molecule has 0 fully saturated rings. The fraction of sp³-hybridized carbons (Fsp3) is 0.143. The normalized spacial score (nSPS) is 10.8. The number of hydrogen-bond acceptors (Lipinski definition) is 6. The Kier molecular flexibility index (Phi) is 5.42. The van der Waals surface area contributed by atoms with Crippen molar-refractivity contribution in [3.05, 3.63) is 60.7 Å². The Morgan fingerprint density at radius 3 is 2.50 bits per heavy atom. The van der Waals surface area contributed by atoms with E-state index < -0.39 is 0 Å². The van der Waals surface area contributed by atoms with Gasteiger partial charge in [-0.25, -0.2) is 9.78 Å². The topological polar surface area (TPSA) is 120 Å². The predicted octanol–water partition coefficient (Wildman–Crippen LogP) is 4.56. The molecule has 152 valence electrons. The van der Waals surface area contributed by atoms with Gasteiger partial charge in [-0.15, -0.1) is 0 Å². The fourth-order valence-electron chi connectivity index (χ4n) is 2.89. The molecule has 0 unspecified atom stereocenters. The first-order chi connectivity index (χ1) is 14.6. The van der Waals surface area contributed by atoms with Gasteiger partial charge in [-0.2, -0.15) is 15.4 Å². The zero-order valence-electron chi connectivity index (χ0n) is 16.6. The molecule has 0 aliphatic rings. The third-order valence-electron chi connectivity index (χ3n) is 4.19. The number of aromatic nitrogens is 4. The maximum absolute atomic E-state index is 12.5. The van der Waals surface area contributed by atoms with Crippen molar-refractivity contribution < 1.29 is 4.79 Å². The summed E-state index contributed by atoms with van der Waals surface area (Å²) in [7, 11) is 0. The van der Waals surface area contributed by atoms with Gasteiger partial charge in [0.25, 0.3) is 0 Å². The van der Waals surface area contributed by atoms with Gasteiger partial charge in [0.1, 0.15) is 16.9 Å². The summed E-state index contributed by atoms with van der Waals surface area (Å²) in [6.07, 6.45) is 0. The molecule has 2 heterocycles. The van der Waals surface area contributed by atoms with Crippen LogP contribution in [0.2, 0.25) is 0 Å². The Morgan fingerprint density at radius 1 is 0.900 bits per heavy atom. The Hall–Kier alpha value is -4.14. The first-order valence-electron chi connectivity index (χ1n) is 9.55. The van der Waals surface area contributed by atoms with Crippen LogP contribution < -0.4 is 21.3 Å². The summed E-state index contributed by atoms with van der Waals surface area (Å²) in [6, 6.07) is 18.3. The Labute approximate surface area is 173 Å². The van der Waals surface area contributed by atoms with Crippen LogP contribution in [-0.2, 0) is 0 Å². The average Bonchev–Trinajstić information content (AvgIpc) is 3.18. The number of hydrogen-bond donors (Lipinski definition) is 5. The summed E-state index contributed by atoms with van der Waals surface area (Å²) in [6.45, 7) is 4.07. The number of carbonyl (C=O) groups excluding carboxylic acids is 1. The van der Waals surface area contributed by atoms with Crippen LogP contribution in [0.4, 0.5) is 33.5 Å². The molecule has 0 atom stereocenters. The van der Waals surface area contributed by atoms with Crippen LogP contribution in [0.15, 0.2) is 60.7 Å². The number of benzene rings is 2. The quantitative estimate of drug-likeness (QED) is 0.322. The van der Waals surface area contributed by atoms with Gasteiger partial charge in [0.05, 0.1) is 5.69 Å². The van der Waals surface area contributed by atoms with Crippen molar-refractivity contribution in [2.75, 3.05) is 21.3 Å². The smallest absolute Gasteiger partial charge is 0.323 e. The minimum absolute atomic E-state index is 0.219. The Bertz CT molecular complexity index is 1160. The molecule has 9 heteroatoms. The van der Waals surface area contributed by atoms with Crippen molar-refractivity contribution in [3.8, 4) is 0 Å². The molecule has 0 saturated carbocycles. The average molecular weight is 402 g/mol. The van der Waals surface area contributed by atoms with E-state index in [1.54, 1.807) is 6.07 Å². The second-order valence-corrected chi connectivity index (χ2v) is 6.99. The summed E-state index contributed by atoms with van der Waals surface area (Å²) in [5, 5.41) is 23.0. The lowest BCUT2D eigenvalue weighted by Crippen LogP contribution is -2.20. The van der Waals surface area contributed by atoms with Crippen LogP contribution in [0.3, 0.4) is 0 Å². The van der Waals surface area contributed by atoms with E-state index in [-0.39, 0.29) is 12.1 Å². The largest absolute Gasteiger partial charge is 0.368 e. The number of carbonyl (C=O) groups is 1. The molecule has 4 rings (SSSR count). The van der Waals surface area contributed by atoms with E-state index in [1.165, 1.54) is 0 Å². The van der Waals surface area contributed by atoms with Gasteiger partial charge in [-0.1, -0.05) is 18.2 Å². The first kappa shape index (κ1) is 19.2. The number of aromatic amines is 1. The number of anilines is 5. The molecule has 30 heavy (non-hydrogen) atoms. The maximum atomic E-state index is 12.5. The van der Waals surface area contributed by atoms with Crippen molar-refractivity contribution >= 4 is 45.8 Å². The van der Waals surface area contributed by atoms with Crippen molar-refractivity contribution in [2.45, 2.75) is 19.9 Å². The van der Waals surface area contributed by atoms with E-state index in [4.69, 9.17) is 0 Å². The maximum Gasteiger partial charge on any atom is 0.323 e. The molecule has 0 saturated heterocycles. The lowest BCUT2D eigenvalue weighted by molar-refractivity contribution is 0.262. The van der Waals surface area contributed by atoms with Crippen LogP contribution in [0.5, 0.6) is 0 Å². The summed E-state index contributed by atoms with van der Waals surface area (Å²) >= 11 is 0. The number of nitrogens with zero attached hydrogens (tertiary/aromatic N) is 3. The van der Waals surface area contributed by atoms with E-state index in [0.29, 0.717) is 23.0 Å². The minimum Gasteiger partial charge on any atom is -0.368 e. The molecule has 0 bridgehead atoms. The molecule has 2 amide bonds. The van der Waals surface area contributed by atoms with Gasteiger partial charge in [-0.05, 0) is 56.3 Å². The molecule has 4 aromatic rings. The molecule has 0 aliphatic heterocycles. The monoisotopic (exact) mass is 402 g/mol. The molecule has 5 N–H and O–H groups in total. The molecule has 9 nitrogen and oxygen atoms in total. The third-order valence-corrected chi connectivity index (χ3v) is 4.19. The van der Waals surface area contributed by atoms with Crippen molar-refractivity contribution in [3.63, 3.8) is 0 Å². The van der Waals surface area contributed by atoms with Crippen molar-refractivity contribution in [2.24, 2.45) is 0 Å². The number of para-hydroxylation sites is 1. The van der Waals surface area contributed by atoms with Gasteiger partial charge in [0.2, 0.25) is 0 Å². The van der Waals surface area contributed by atoms with E-state index in [0.717, 1.165) is 16.7 Å². The number of nitrogens with one attached hydrogen (secondary N) is 5. The number of H-pyrrole nitrogens is 1. The lowest BCUT2D eigenvalue weighted by Gasteiger charge is -2.16. The van der Waals surface area contributed by atoms with Crippen LogP contribution in [0, 0.1) is 0 Å². The molecule has 2 aromatic carbocycles. The zero-order chi connectivity index (χ0) is 20.9. The van der Waals surface area contributed by atoms with Gasteiger partial charge in [0, 0.05) is 17.4 Å². The van der Waals surface area contributed by atoms with E-state index in [2.05, 4.69) is 41.7 Å². The molecule has 2 aromatic heterocycles. The van der Waals surface area contributed by atoms with Gasteiger partial charge in [0.15, 0.2) is 5.82 Å². The predicted molar refractivity (Wildman–Crippen MR) is 119 cm³/mol. The lowest BCUT2D eigenvalue weighted by atomic mass is 10.2. The highest BCUT2D eigenvalue weighted by Gasteiger charge is 2.12. The van der Waals surface area contributed by atoms with Crippen LogP contribution in [-0.4, -0.2) is 32.5 Å². The second kappa shape index (κ2) is 8.48. The summed E-state index contributed by atoms with van der Waals surface area (Å²) in [5.74, 6) is 1.20. The highest BCUT2D eigenvalue weighted by molar-refractivity contribution is 6.01. The van der Waals surface area contributed by atoms with Gasteiger partial charge >= 0.3 is 6.03 Å². The summed E-state index contributed by atoms with van der Waals surface area (Å²) < 4.78 is 0. The Balaban J connectivity index is 1.59. The number of pyridine rings is 1. The summed E-state index contributed by atoms with van der Waals surface area (Å²) in [4.78, 5) is 17.1. The second-order valence-electron chi connectivity index (χ2n) is 6.99. The van der Waals surface area contributed by atoms with Crippen LogP contribution >= 0.6 is 0 Å². The van der Waals surface area contributed by atoms with Crippen molar-refractivity contribution in [1.29, 1.82) is 0 Å². The van der Waals surface area contributed by atoms with Crippen LogP contribution in [0.1, 0.15) is 13.8 Å². The standard InChI is InChI=1S/C21H22N8O/c1-13(2)22-19-11-10-17(25-21(30)24-14-6-4-3-5-7-14)20(26-19)23-15-8-9-16-18(12-15)28-29-27-16/h3-13H,1-2H3,(H2,22,23,26)(H2,24,25,30)(H,27,28,29). The number of rotatable bonds is 6. The van der Waals surface area contributed by atoms with Gasteiger partial charge in [-0.3, -0.25) is 0 Å². The van der Waals surface area contributed by atoms with Crippen LogP contribution in [0.25, 0.3) is 11.0 Å². The van der Waals surface area contributed by atoms with Crippen molar-refractivity contribution in [1.82, 2.24) is 20.4 Å².